The first-order valence-electron chi connectivity index (χ1n) is 8.45. The van der Waals surface area contributed by atoms with Crippen LogP contribution >= 0.6 is 0 Å². The van der Waals surface area contributed by atoms with Crippen molar-refractivity contribution in [1.29, 1.82) is 0 Å². The molecule has 0 aliphatic heterocycles. The molecule has 1 aromatic carbocycles. The van der Waals surface area contributed by atoms with Gasteiger partial charge < -0.3 is 10.6 Å². The van der Waals surface area contributed by atoms with E-state index in [1.165, 1.54) is 42.4 Å². The lowest BCUT2D eigenvalue weighted by Crippen LogP contribution is -2.28. The molecule has 22 heavy (non-hydrogen) atoms. The SMILES string of the molecule is Cc1ccc(CNCCC(=O)NCCC2=CCCCC2)cc1. The monoisotopic (exact) mass is 300 g/mol. The van der Waals surface area contributed by atoms with E-state index in [0.717, 1.165) is 26.1 Å². The molecule has 0 aromatic heterocycles. The van der Waals surface area contributed by atoms with Crippen LogP contribution in [0, 0.1) is 6.92 Å². The standard InChI is InChI=1S/C19H28N2O/c1-16-7-9-18(10-8-16)15-20-13-12-19(22)21-14-11-17-5-3-2-4-6-17/h5,7-10,20H,2-4,6,11-15H2,1H3,(H,21,22). The first-order chi connectivity index (χ1) is 10.7. The molecule has 3 nitrogen and oxygen atoms in total. The number of aryl methyl sites for hydroxylation is 1. The van der Waals surface area contributed by atoms with E-state index in [9.17, 15) is 4.79 Å². The van der Waals surface area contributed by atoms with Gasteiger partial charge in [0.1, 0.15) is 0 Å². The van der Waals surface area contributed by atoms with E-state index in [2.05, 4.69) is 47.9 Å². The van der Waals surface area contributed by atoms with Gasteiger partial charge in [-0.05, 0) is 44.6 Å². The molecule has 1 aliphatic rings. The van der Waals surface area contributed by atoms with E-state index >= 15 is 0 Å². The van der Waals surface area contributed by atoms with Crippen molar-refractivity contribution in [2.45, 2.75) is 52.0 Å². The van der Waals surface area contributed by atoms with Crippen LogP contribution in [0.1, 0.15) is 49.7 Å². The summed E-state index contributed by atoms with van der Waals surface area (Å²) in [5, 5.41) is 6.34. The fourth-order valence-electron chi connectivity index (χ4n) is 2.72. The quantitative estimate of drug-likeness (QED) is 0.570. The fourth-order valence-corrected chi connectivity index (χ4v) is 2.72. The van der Waals surface area contributed by atoms with Gasteiger partial charge in [0.25, 0.3) is 0 Å². The lowest BCUT2D eigenvalue weighted by atomic mass is 9.97. The van der Waals surface area contributed by atoms with E-state index in [4.69, 9.17) is 0 Å². The number of carbonyl (C=O) groups excluding carboxylic acids is 1. The van der Waals surface area contributed by atoms with E-state index in [0.29, 0.717) is 6.42 Å². The number of allylic oxidation sites excluding steroid dienone is 1. The Bertz CT molecular complexity index is 491. The summed E-state index contributed by atoms with van der Waals surface area (Å²) < 4.78 is 0. The molecule has 2 N–H and O–H groups in total. The van der Waals surface area contributed by atoms with Gasteiger partial charge in [-0.25, -0.2) is 0 Å². The predicted octanol–water partition coefficient (Wildman–Crippen LogP) is 3.48. The van der Waals surface area contributed by atoms with Crippen molar-refractivity contribution in [3.63, 3.8) is 0 Å². The van der Waals surface area contributed by atoms with Crippen LogP contribution < -0.4 is 10.6 Å². The number of amides is 1. The number of rotatable bonds is 8. The number of nitrogens with one attached hydrogen (secondary N) is 2. The average molecular weight is 300 g/mol. The maximum atomic E-state index is 11.8. The first kappa shape index (κ1) is 16.8. The number of carbonyl (C=O) groups is 1. The summed E-state index contributed by atoms with van der Waals surface area (Å²) in [5.41, 5.74) is 4.05. The summed E-state index contributed by atoms with van der Waals surface area (Å²) in [6, 6.07) is 8.48. The largest absolute Gasteiger partial charge is 0.356 e. The topological polar surface area (TPSA) is 41.1 Å². The van der Waals surface area contributed by atoms with Crippen LogP contribution in [-0.2, 0) is 11.3 Å². The van der Waals surface area contributed by atoms with E-state index in [1.54, 1.807) is 0 Å². The van der Waals surface area contributed by atoms with Crippen molar-refractivity contribution in [3.8, 4) is 0 Å². The summed E-state index contributed by atoms with van der Waals surface area (Å²) in [7, 11) is 0. The fraction of sp³-hybridized carbons (Fsp3) is 0.526. The minimum Gasteiger partial charge on any atom is -0.356 e. The Balaban J connectivity index is 1.52. The van der Waals surface area contributed by atoms with Gasteiger partial charge >= 0.3 is 0 Å². The van der Waals surface area contributed by atoms with Crippen molar-refractivity contribution in [2.75, 3.05) is 13.1 Å². The number of hydrogen-bond acceptors (Lipinski definition) is 2. The highest BCUT2D eigenvalue weighted by Crippen LogP contribution is 2.19. The molecule has 0 unspecified atom stereocenters. The van der Waals surface area contributed by atoms with Gasteiger partial charge in [0.05, 0.1) is 0 Å². The van der Waals surface area contributed by atoms with Gasteiger partial charge in [0.2, 0.25) is 5.91 Å². The Morgan fingerprint density at radius 3 is 2.68 bits per heavy atom. The van der Waals surface area contributed by atoms with Gasteiger partial charge in [0, 0.05) is 26.1 Å². The lowest BCUT2D eigenvalue weighted by Gasteiger charge is -2.13. The Kier molecular flexibility index (Phi) is 7.17. The molecule has 0 saturated carbocycles. The summed E-state index contributed by atoms with van der Waals surface area (Å²) in [6.07, 6.45) is 8.97. The second-order valence-corrected chi connectivity index (χ2v) is 6.12. The third-order valence-corrected chi connectivity index (χ3v) is 4.13. The minimum absolute atomic E-state index is 0.146. The third kappa shape index (κ3) is 6.44. The summed E-state index contributed by atoms with van der Waals surface area (Å²) >= 11 is 0. The lowest BCUT2D eigenvalue weighted by molar-refractivity contribution is -0.120. The predicted molar refractivity (Wildman–Crippen MR) is 91.7 cm³/mol. The van der Waals surface area contributed by atoms with Gasteiger partial charge in [-0.15, -0.1) is 0 Å². The molecule has 120 valence electrons. The summed E-state index contributed by atoms with van der Waals surface area (Å²) in [5.74, 6) is 0.146. The zero-order valence-corrected chi connectivity index (χ0v) is 13.7. The van der Waals surface area contributed by atoms with Gasteiger partial charge in [-0.2, -0.15) is 0 Å². The summed E-state index contributed by atoms with van der Waals surface area (Å²) in [6.45, 7) is 4.41. The molecule has 1 aromatic rings. The molecule has 1 aliphatic carbocycles. The van der Waals surface area contributed by atoms with Crippen LogP contribution in [0.5, 0.6) is 0 Å². The smallest absolute Gasteiger partial charge is 0.221 e. The van der Waals surface area contributed by atoms with Gasteiger partial charge in [-0.1, -0.05) is 41.5 Å². The van der Waals surface area contributed by atoms with Crippen LogP contribution in [0.25, 0.3) is 0 Å². The van der Waals surface area contributed by atoms with Gasteiger partial charge in [-0.3, -0.25) is 4.79 Å². The first-order valence-corrected chi connectivity index (χ1v) is 8.45. The van der Waals surface area contributed by atoms with Crippen LogP contribution in [0.15, 0.2) is 35.9 Å². The van der Waals surface area contributed by atoms with E-state index in [1.807, 2.05) is 0 Å². The number of hydrogen-bond donors (Lipinski definition) is 2. The minimum atomic E-state index is 0.146. The molecule has 0 spiro atoms. The maximum Gasteiger partial charge on any atom is 0.221 e. The Morgan fingerprint density at radius 1 is 1.14 bits per heavy atom. The van der Waals surface area contributed by atoms with E-state index in [-0.39, 0.29) is 5.91 Å². The van der Waals surface area contributed by atoms with Gasteiger partial charge in [0.15, 0.2) is 0 Å². The Morgan fingerprint density at radius 2 is 1.95 bits per heavy atom. The molecule has 0 atom stereocenters. The molecule has 0 fully saturated rings. The molecule has 0 radical (unpaired) electrons. The van der Waals surface area contributed by atoms with Crippen LogP contribution in [0.3, 0.4) is 0 Å². The molecule has 1 amide bonds. The van der Waals surface area contributed by atoms with Crippen LogP contribution in [0.4, 0.5) is 0 Å². The third-order valence-electron chi connectivity index (χ3n) is 4.13. The molecular weight excluding hydrogens is 272 g/mol. The molecule has 0 bridgehead atoms. The second kappa shape index (κ2) is 9.42. The molecule has 0 heterocycles. The van der Waals surface area contributed by atoms with Crippen molar-refractivity contribution in [3.05, 3.63) is 47.0 Å². The van der Waals surface area contributed by atoms with Crippen LogP contribution in [0.2, 0.25) is 0 Å². The maximum absolute atomic E-state index is 11.8. The highest BCUT2D eigenvalue weighted by molar-refractivity contribution is 5.76. The Hall–Kier alpha value is -1.61. The number of benzene rings is 1. The molecule has 3 heteroatoms. The van der Waals surface area contributed by atoms with E-state index < -0.39 is 0 Å². The van der Waals surface area contributed by atoms with Crippen molar-refractivity contribution >= 4 is 5.91 Å². The summed E-state index contributed by atoms with van der Waals surface area (Å²) in [4.78, 5) is 11.8. The highest BCUT2D eigenvalue weighted by atomic mass is 16.1. The molecular formula is C19H28N2O. The molecule has 2 rings (SSSR count). The Labute approximate surface area is 134 Å². The normalized spacial score (nSPS) is 14.5. The zero-order valence-electron chi connectivity index (χ0n) is 13.7. The molecule has 0 saturated heterocycles. The van der Waals surface area contributed by atoms with Crippen LogP contribution in [-0.4, -0.2) is 19.0 Å². The van der Waals surface area contributed by atoms with Crippen molar-refractivity contribution < 1.29 is 4.79 Å². The van der Waals surface area contributed by atoms with Crippen molar-refractivity contribution in [2.24, 2.45) is 0 Å². The average Bonchev–Trinajstić information content (AvgIpc) is 2.54. The zero-order chi connectivity index (χ0) is 15.6. The highest BCUT2D eigenvalue weighted by Gasteiger charge is 2.05. The van der Waals surface area contributed by atoms with Crippen molar-refractivity contribution in [1.82, 2.24) is 10.6 Å². The second-order valence-electron chi connectivity index (χ2n) is 6.12.